The van der Waals surface area contributed by atoms with Crippen molar-refractivity contribution >= 4 is 22.4 Å². The first kappa shape index (κ1) is 18.1. The van der Waals surface area contributed by atoms with Crippen molar-refractivity contribution in [1.29, 1.82) is 0 Å². The Morgan fingerprint density at radius 2 is 1.88 bits per heavy atom. The average molecular weight is 366 g/mol. The summed E-state index contributed by atoms with van der Waals surface area (Å²) < 4.78 is 5.14. The zero-order chi connectivity index (χ0) is 18.5. The van der Waals surface area contributed by atoms with Crippen LogP contribution in [0, 0.1) is 13.8 Å². The lowest BCUT2D eigenvalue weighted by Crippen LogP contribution is -2.12. The summed E-state index contributed by atoms with van der Waals surface area (Å²) in [5.74, 6) is 0.793. The Bertz CT molecular complexity index is 901. The molecule has 1 aromatic heterocycles. The van der Waals surface area contributed by atoms with Gasteiger partial charge in [0.25, 0.3) is 0 Å². The molecular formula is C21H22N2O2S. The number of methoxy groups -OCH3 is 1. The van der Waals surface area contributed by atoms with Gasteiger partial charge in [0.05, 0.1) is 12.8 Å². The van der Waals surface area contributed by atoms with E-state index in [1.165, 1.54) is 22.5 Å². The number of aromatic nitrogens is 1. The Labute approximate surface area is 157 Å². The first-order chi connectivity index (χ1) is 12.5. The molecule has 1 N–H and O–H groups in total. The highest BCUT2D eigenvalue weighted by molar-refractivity contribution is 7.14. The van der Waals surface area contributed by atoms with Crippen molar-refractivity contribution in [3.8, 4) is 17.0 Å². The van der Waals surface area contributed by atoms with Gasteiger partial charge in [-0.2, -0.15) is 0 Å². The Hall–Kier alpha value is -2.66. The van der Waals surface area contributed by atoms with Crippen LogP contribution in [0.1, 0.15) is 23.1 Å². The Kier molecular flexibility index (Phi) is 5.68. The van der Waals surface area contributed by atoms with E-state index in [1.54, 1.807) is 7.11 Å². The number of anilines is 1. The van der Waals surface area contributed by atoms with Crippen LogP contribution in [-0.4, -0.2) is 18.0 Å². The van der Waals surface area contributed by atoms with Crippen LogP contribution in [0.2, 0.25) is 0 Å². The number of amides is 1. The lowest BCUT2D eigenvalue weighted by molar-refractivity contribution is -0.116. The number of hydrogen-bond donors (Lipinski definition) is 1. The minimum atomic E-state index is -0.0261. The Morgan fingerprint density at radius 3 is 2.58 bits per heavy atom. The minimum Gasteiger partial charge on any atom is -0.497 e. The molecule has 26 heavy (non-hydrogen) atoms. The lowest BCUT2D eigenvalue weighted by Gasteiger charge is -2.04. The van der Waals surface area contributed by atoms with E-state index in [1.807, 2.05) is 29.6 Å². The maximum Gasteiger partial charge on any atom is 0.226 e. The number of thiazole rings is 1. The summed E-state index contributed by atoms with van der Waals surface area (Å²) in [6.07, 6.45) is 1.11. The number of benzene rings is 2. The molecule has 1 heterocycles. The Morgan fingerprint density at radius 1 is 1.12 bits per heavy atom. The first-order valence-corrected chi connectivity index (χ1v) is 9.39. The van der Waals surface area contributed by atoms with Crippen LogP contribution in [0.15, 0.2) is 47.8 Å². The predicted molar refractivity (Wildman–Crippen MR) is 107 cm³/mol. The molecule has 0 saturated heterocycles. The molecule has 0 spiro atoms. The van der Waals surface area contributed by atoms with Crippen molar-refractivity contribution in [1.82, 2.24) is 4.98 Å². The summed E-state index contributed by atoms with van der Waals surface area (Å²) in [5, 5.41) is 5.51. The standard InChI is InChI=1S/C21H22N2O2S/c1-14-4-8-17(12-15(14)2)19-13-26-21(22-19)23-20(24)11-7-16-5-9-18(25-3)10-6-16/h4-6,8-10,12-13H,7,11H2,1-3H3,(H,22,23,24). The molecule has 0 saturated carbocycles. The van der Waals surface area contributed by atoms with Crippen molar-refractivity contribution in [2.75, 3.05) is 12.4 Å². The van der Waals surface area contributed by atoms with Crippen LogP contribution in [0.4, 0.5) is 5.13 Å². The van der Waals surface area contributed by atoms with Crippen molar-refractivity contribution in [2.45, 2.75) is 26.7 Å². The second-order valence-electron chi connectivity index (χ2n) is 6.23. The average Bonchev–Trinajstić information content (AvgIpc) is 3.11. The summed E-state index contributed by atoms with van der Waals surface area (Å²) in [6.45, 7) is 4.18. The monoisotopic (exact) mass is 366 g/mol. The van der Waals surface area contributed by atoms with Gasteiger partial charge in [0.1, 0.15) is 5.75 Å². The second kappa shape index (κ2) is 8.15. The van der Waals surface area contributed by atoms with Crippen molar-refractivity contribution < 1.29 is 9.53 Å². The smallest absolute Gasteiger partial charge is 0.226 e. The van der Waals surface area contributed by atoms with E-state index in [0.29, 0.717) is 18.0 Å². The quantitative estimate of drug-likeness (QED) is 0.667. The molecule has 4 nitrogen and oxygen atoms in total. The van der Waals surface area contributed by atoms with Crippen LogP contribution in [0.5, 0.6) is 5.75 Å². The van der Waals surface area contributed by atoms with Crippen LogP contribution in [0.3, 0.4) is 0 Å². The number of carbonyl (C=O) groups excluding carboxylic acids is 1. The summed E-state index contributed by atoms with van der Waals surface area (Å²) in [7, 11) is 1.64. The molecule has 3 aromatic rings. The van der Waals surface area contributed by atoms with Gasteiger partial charge in [0.2, 0.25) is 5.91 Å². The number of hydrogen-bond acceptors (Lipinski definition) is 4. The lowest BCUT2D eigenvalue weighted by atomic mass is 10.1. The second-order valence-corrected chi connectivity index (χ2v) is 7.09. The molecule has 5 heteroatoms. The number of aryl methyl sites for hydroxylation is 3. The Balaban J connectivity index is 1.57. The van der Waals surface area contributed by atoms with Crippen molar-refractivity contribution in [2.24, 2.45) is 0 Å². The largest absolute Gasteiger partial charge is 0.497 e. The van der Waals surface area contributed by atoms with Gasteiger partial charge in [0.15, 0.2) is 5.13 Å². The van der Waals surface area contributed by atoms with Crippen LogP contribution >= 0.6 is 11.3 Å². The molecule has 0 aliphatic rings. The molecule has 2 aromatic carbocycles. The normalized spacial score (nSPS) is 10.6. The molecule has 1 amide bonds. The molecule has 0 aliphatic heterocycles. The topological polar surface area (TPSA) is 51.2 Å². The third-order valence-electron chi connectivity index (χ3n) is 4.35. The van der Waals surface area contributed by atoms with E-state index < -0.39 is 0 Å². The van der Waals surface area contributed by atoms with Crippen molar-refractivity contribution in [3.63, 3.8) is 0 Å². The van der Waals surface area contributed by atoms with Gasteiger partial charge in [-0.05, 0) is 55.2 Å². The number of ether oxygens (including phenoxy) is 1. The fourth-order valence-corrected chi connectivity index (χ4v) is 3.33. The minimum absolute atomic E-state index is 0.0261. The van der Waals surface area contributed by atoms with E-state index in [0.717, 1.165) is 22.6 Å². The summed E-state index contributed by atoms with van der Waals surface area (Å²) >= 11 is 1.45. The van der Waals surface area contributed by atoms with E-state index in [2.05, 4.69) is 42.3 Å². The van der Waals surface area contributed by atoms with Gasteiger partial charge < -0.3 is 10.1 Å². The van der Waals surface area contributed by atoms with E-state index in [-0.39, 0.29) is 5.91 Å². The van der Waals surface area contributed by atoms with E-state index in [4.69, 9.17) is 4.74 Å². The molecule has 0 bridgehead atoms. The van der Waals surface area contributed by atoms with Crippen molar-refractivity contribution in [3.05, 3.63) is 64.5 Å². The number of carbonyl (C=O) groups is 1. The van der Waals surface area contributed by atoms with Crippen LogP contribution < -0.4 is 10.1 Å². The molecular weight excluding hydrogens is 344 g/mol. The maximum absolute atomic E-state index is 12.2. The molecule has 0 radical (unpaired) electrons. The first-order valence-electron chi connectivity index (χ1n) is 8.51. The molecule has 0 atom stereocenters. The highest BCUT2D eigenvalue weighted by Crippen LogP contribution is 2.26. The zero-order valence-corrected chi connectivity index (χ0v) is 16.0. The van der Waals surface area contributed by atoms with Gasteiger partial charge in [-0.15, -0.1) is 11.3 Å². The third kappa shape index (κ3) is 4.49. The molecule has 0 unspecified atom stereocenters. The third-order valence-corrected chi connectivity index (χ3v) is 5.11. The van der Waals surface area contributed by atoms with E-state index >= 15 is 0 Å². The zero-order valence-electron chi connectivity index (χ0n) is 15.2. The molecule has 0 aliphatic carbocycles. The predicted octanol–water partition coefficient (Wildman–Crippen LogP) is 5.01. The molecule has 134 valence electrons. The van der Waals surface area contributed by atoms with Gasteiger partial charge in [0, 0.05) is 17.4 Å². The van der Waals surface area contributed by atoms with Gasteiger partial charge in [-0.25, -0.2) is 4.98 Å². The number of rotatable bonds is 6. The molecule has 3 rings (SSSR count). The summed E-state index contributed by atoms with van der Waals surface area (Å²) in [5.41, 5.74) is 5.57. The fraction of sp³-hybridized carbons (Fsp3) is 0.238. The van der Waals surface area contributed by atoms with Gasteiger partial charge >= 0.3 is 0 Å². The van der Waals surface area contributed by atoms with Gasteiger partial charge in [-0.3, -0.25) is 4.79 Å². The highest BCUT2D eigenvalue weighted by atomic mass is 32.1. The van der Waals surface area contributed by atoms with E-state index in [9.17, 15) is 4.79 Å². The van der Waals surface area contributed by atoms with Crippen LogP contribution in [0.25, 0.3) is 11.3 Å². The molecule has 0 fully saturated rings. The number of nitrogens with zero attached hydrogens (tertiary/aromatic N) is 1. The van der Waals surface area contributed by atoms with Gasteiger partial charge in [-0.1, -0.05) is 24.3 Å². The fourth-order valence-electron chi connectivity index (χ4n) is 2.60. The highest BCUT2D eigenvalue weighted by Gasteiger charge is 2.09. The summed E-state index contributed by atoms with van der Waals surface area (Å²) in [4.78, 5) is 16.7. The maximum atomic E-state index is 12.2. The SMILES string of the molecule is COc1ccc(CCC(=O)Nc2nc(-c3ccc(C)c(C)c3)cs2)cc1. The van der Waals surface area contributed by atoms with Crippen LogP contribution in [-0.2, 0) is 11.2 Å². The number of nitrogens with one attached hydrogen (secondary N) is 1. The summed E-state index contributed by atoms with van der Waals surface area (Å²) in [6, 6.07) is 14.1.